The third-order valence-electron chi connectivity index (χ3n) is 3.61. The average molecular weight is 365 g/mol. The number of rotatable bonds is 2. The monoisotopic (exact) mass is 365 g/mol. The highest BCUT2D eigenvalue weighted by Gasteiger charge is 2.28. The summed E-state index contributed by atoms with van der Waals surface area (Å²) in [7, 11) is -4.29. The van der Waals surface area contributed by atoms with E-state index in [4.69, 9.17) is 0 Å². The van der Waals surface area contributed by atoms with Crippen molar-refractivity contribution in [2.24, 2.45) is 0 Å². The molecular formula is C14H11N3O3S3. The van der Waals surface area contributed by atoms with Crippen LogP contribution in [0.5, 0.6) is 0 Å². The maximum absolute atomic E-state index is 11.6. The predicted molar refractivity (Wildman–Crippen MR) is 92.5 cm³/mol. The van der Waals surface area contributed by atoms with Gasteiger partial charge >= 0.3 is 10.3 Å². The minimum Gasteiger partial charge on any atom is -0.269 e. The lowest BCUT2D eigenvalue weighted by molar-refractivity contribution is 0.478. The predicted octanol–water partition coefficient (Wildman–Crippen LogP) is 3.07. The molecule has 9 heteroatoms. The first-order valence-corrected chi connectivity index (χ1v) is 10.00. The second-order valence-corrected chi connectivity index (χ2v) is 8.30. The number of anilines is 1. The Kier molecular flexibility index (Phi) is 3.52. The summed E-state index contributed by atoms with van der Waals surface area (Å²) in [4.78, 5) is 9.24. The first-order chi connectivity index (χ1) is 11.0. The normalized spacial score (nSPS) is 14.9. The molecule has 0 aliphatic carbocycles. The topological polar surface area (TPSA) is 83.4 Å². The van der Waals surface area contributed by atoms with Crippen LogP contribution in [0.1, 0.15) is 0 Å². The number of thiazole rings is 1. The van der Waals surface area contributed by atoms with E-state index in [1.165, 1.54) is 6.20 Å². The van der Waals surface area contributed by atoms with Crippen molar-refractivity contribution in [1.82, 2.24) is 9.97 Å². The van der Waals surface area contributed by atoms with E-state index in [0.717, 1.165) is 30.5 Å². The van der Waals surface area contributed by atoms with E-state index in [-0.39, 0.29) is 6.54 Å². The molecule has 0 bridgehead atoms. The summed E-state index contributed by atoms with van der Waals surface area (Å²) in [5, 5.41) is 0. The van der Waals surface area contributed by atoms with Crippen LogP contribution in [-0.4, -0.2) is 35.2 Å². The minimum absolute atomic E-state index is 0.232. The van der Waals surface area contributed by atoms with Crippen LogP contribution >= 0.6 is 23.1 Å². The molecule has 0 saturated carbocycles. The van der Waals surface area contributed by atoms with Crippen molar-refractivity contribution in [3.05, 3.63) is 36.1 Å². The van der Waals surface area contributed by atoms with E-state index < -0.39 is 10.3 Å². The van der Waals surface area contributed by atoms with Gasteiger partial charge in [0, 0.05) is 29.0 Å². The van der Waals surface area contributed by atoms with Crippen LogP contribution in [0.15, 0.2) is 41.0 Å². The molecule has 3 heterocycles. The Labute approximate surface area is 141 Å². The van der Waals surface area contributed by atoms with Crippen molar-refractivity contribution in [3.8, 4) is 11.1 Å². The second-order valence-electron chi connectivity index (χ2n) is 4.97. The molecule has 0 radical (unpaired) electrons. The highest BCUT2D eigenvalue weighted by molar-refractivity contribution is 8.00. The van der Waals surface area contributed by atoms with E-state index in [2.05, 4.69) is 9.97 Å². The molecule has 0 saturated heterocycles. The number of pyridine rings is 1. The van der Waals surface area contributed by atoms with Gasteiger partial charge in [0.05, 0.1) is 27.6 Å². The van der Waals surface area contributed by atoms with Gasteiger partial charge in [-0.25, -0.2) is 9.29 Å². The highest BCUT2D eigenvalue weighted by atomic mass is 32.2. The van der Waals surface area contributed by atoms with Gasteiger partial charge in [-0.3, -0.25) is 9.54 Å². The SMILES string of the molecule is O=S(=O)(O)N1CCSc2c(-c3ccc4ncsc4c3)cncc21. The number of hydrogen-bond acceptors (Lipinski definition) is 6. The molecule has 0 atom stereocenters. The smallest absolute Gasteiger partial charge is 0.269 e. The molecule has 1 aliphatic rings. The van der Waals surface area contributed by atoms with Crippen LogP contribution in [0.2, 0.25) is 0 Å². The van der Waals surface area contributed by atoms with Gasteiger partial charge in [-0.15, -0.1) is 23.1 Å². The summed E-state index contributed by atoms with van der Waals surface area (Å²) in [5.41, 5.74) is 4.96. The summed E-state index contributed by atoms with van der Waals surface area (Å²) in [6.45, 7) is 0.232. The number of hydrogen-bond donors (Lipinski definition) is 1. The Morgan fingerprint density at radius 2 is 2.13 bits per heavy atom. The number of benzene rings is 1. The number of fused-ring (bicyclic) bond motifs is 2. The Morgan fingerprint density at radius 3 is 2.96 bits per heavy atom. The number of thioether (sulfide) groups is 1. The third-order valence-corrected chi connectivity index (χ3v) is 6.44. The van der Waals surface area contributed by atoms with Gasteiger partial charge in [0.25, 0.3) is 0 Å². The first kappa shape index (κ1) is 14.9. The second kappa shape index (κ2) is 5.45. The van der Waals surface area contributed by atoms with Crippen molar-refractivity contribution >= 4 is 49.3 Å². The fraction of sp³-hybridized carbons (Fsp3) is 0.143. The van der Waals surface area contributed by atoms with E-state index in [1.54, 1.807) is 34.8 Å². The van der Waals surface area contributed by atoms with Crippen LogP contribution in [0, 0.1) is 0 Å². The molecule has 4 rings (SSSR count). The Balaban J connectivity index is 1.90. The molecule has 1 aliphatic heterocycles. The zero-order valence-corrected chi connectivity index (χ0v) is 14.2. The summed E-state index contributed by atoms with van der Waals surface area (Å²) < 4.78 is 34.6. The van der Waals surface area contributed by atoms with Crippen LogP contribution in [0.3, 0.4) is 0 Å². The standard InChI is InChI=1S/C14H11N3O3S3/c18-23(19,20)17-3-4-21-14-10(6-15-7-12(14)17)9-1-2-11-13(5-9)22-8-16-11/h1-2,5-8H,3-4H2,(H,18,19,20). The number of aromatic nitrogens is 2. The Bertz CT molecular complexity index is 1000. The maximum Gasteiger partial charge on any atom is 0.360 e. The first-order valence-electron chi connectivity index (χ1n) is 6.73. The maximum atomic E-state index is 11.6. The average Bonchev–Trinajstić information content (AvgIpc) is 3.00. The molecule has 0 amide bonds. The van der Waals surface area contributed by atoms with Gasteiger partial charge in [-0.05, 0) is 17.7 Å². The van der Waals surface area contributed by atoms with Crippen molar-refractivity contribution in [2.75, 3.05) is 16.6 Å². The zero-order valence-electron chi connectivity index (χ0n) is 11.7. The van der Waals surface area contributed by atoms with Gasteiger partial charge in [0.2, 0.25) is 0 Å². The fourth-order valence-corrected chi connectivity index (χ4v) is 5.30. The van der Waals surface area contributed by atoms with Gasteiger partial charge in [-0.1, -0.05) is 6.07 Å². The van der Waals surface area contributed by atoms with Crippen LogP contribution in [-0.2, 0) is 10.3 Å². The molecule has 2 aromatic heterocycles. The third kappa shape index (κ3) is 2.59. The zero-order chi connectivity index (χ0) is 16.0. The van der Waals surface area contributed by atoms with Crippen molar-refractivity contribution in [1.29, 1.82) is 0 Å². The van der Waals surface area contributed by atoms with Crippen LogP contribution in [0.25, 0.3) is 21.3 Å². The van der Waals surface area contributed by atoms with E-state index in [0.29, 0.717) is 11.4 Å². The molecule has 6 nitrogen and oxygen atoms in total. The molecule has 23 heavy (non-hydrogen) atoms. The van der Waals surface area contributed by atoms with Crippen molar-refractivity contribution in [3.63, 3.8) is 0 Å². The van der Waals surface area contributed by atoms with Crippen LogP contribution < -0.4 is 4.31 Å². The summed E-state index contributed by atoms with van der Waals surface area (Å²) in [5.74, 6) is 0.576. The van der Waals surface area contributed by atoms with Gasteiger partial charge in [0.1, 0.15) is 0 Å². The summed E-state index contributed by atoms with van der Waals surface area (Å²) in [6, 6.07) is 5.91. The van der Waals surface area contributed by atoms with Crippen molar-refractivity contribution < 1.29 is 13.0 Å². The van der Waals surface area contributed by atoms with Gasteiger partial charge in [0.15, 0.2) is 0 Å². The van der Waals surface area contributed by atoms with E-state index >= 15 is 0 Å². The Morgan fingerprint density at radius 1 is 1.26 bits per heavy atom. The van der Waals surface area contributed by atoms with Crippen molar-refractivity contribution in [2.45, 2.75) is 4.90 Å². The quantitative estimate of drug-likeness (QED) is 0.703. The molecule has 3 aromatic rings. The lowest BCUT2D eigenvalue weighted by Gasteiger charge is -2.28. The summed E-state index contributed by atoms with van der Waals surface area (Å²) in [6.07, 6.45) is 3.20. The fourth-order valence-electron chi connectivity index (χ4n) is 2.59. The van der Waals surface area contributed by atoms with E-state index in [1.807, 2.05) is 18.2 Å². The summed E-state index contributed by atoms with van der Waals surface area (Å²) >= 11 is 3.12. The number of nitrogens with zero attached hydrogens (tertiary/aromatic N) is 3. The molecule has 0 spiro atoms. The highest BCUT2D eigenvalue weighted by Crippen LogP contribution is 2.42. The lowest BCUT2D eigenvalue weighted by atomic mass is 10.1. The molecule has 1 N–H and O–H groups in total. The van der Waals surface area contributed by atoms with Gasteiger partial charge < -0.3 is 0 Å². The molecule has 118 valence electrons. The molecular weight excluding hydrogens is 354 g/mol. The van der Waals surface area contributed by atoms with Crippen LogP contribution in [0.4, 0.5) is 5.69 Å². The van der Waals surface area contributed by atoms with E-state index in [9.17, 15) is 13.0 Å². The Hall–Kier alpha value is -1.68. The minimum atomic E-state index is -4.29. The molecule has 0 fully saturated rings. The molecule has 0 unspecified atom stereocenters. The van der Waals surface area contributed by atoms with Gasteiger partial charge in [-0.2, -0.15) is 8.42 Å². The molecule has 1 aromatic carbocycles. The largest absolute Gasteiger partial charge is 0.360 e. The lowest BCUT2D eigenvalue weighted by Crippen LogP contribution is -2.35.